The van der Waals surface area contributed by atoms with Gasteiger partial charge >= 0.3 is 0 Å². The van der Waals surface area contributed by atoms with Crippen molar-refractivity contribution in [3.05, 3.63) is 90.0 Å². The number of ether oxygens (including phenoxy) is 1. The predicted molar refractivity (Wildman–Crippen MR) is 92.5 cm³/mol. The van der Waals surface area contributed by atoms with E-state index in [4.69, 9.17) is 10.00 Å². The van der Waals surface area contributed by atoms with Crippen LogP contribution in [0, 0.1) is 11.3 Å². The van der Waals surface area contributed by atoms with Gasteiger partial charge in [-0.05, 0) is 42.0 Å². The van der Waals surface area contributed by atoms with Gasteiger partial charge in [0.15, 0.2) is 0 Å². The minimum Gasteiger partial charge on any atom is -0.488 e. The summed E-state index contributed by atoms with van der Waals surface area (Å²) >= 11 is 1.63. The fraction of sp³-hybridized carbons (Fsp3) is 0.0500. The Morgan fingerprint density at radius 1 is 0.826 bits per heavy atom. The van der Waals surface area contributed by atoms with Crippen LogP contribution in [0.3, 0.4) is 0 Å². The van der Waals surface area contributed by atoms with Gasteiger partial charge in [0.05, 0.1) is 16.5 Å². The van der Waals surface area contributed by atoms with Crippen molar-refractivity contribution >= 4 is 11.8 Å². The molecule has 3 heteroatoms. The van der Waals surface area contributed by atoms with Crippen molar-refractivity contribution < 1.29 is 4.74 Å². The van der Waals surface area contributed by atoms with Gasteiger partial charge in [0.2, 0.25) is 0 Å². The van der Waals surface area contributed by atoms with E-state index in [9.17, 15) is 0 Å². The van der Waals surface area contributed by atoms with E-state index >= 15 is 0 Å². The van der Waals surface area contributed by atoms with Crippen molar-refractivity contribution in [2.24, 2.45) is 0 Å². The Labute approximate surface area is 140 Å². The van der Waals surface area contributed by atoms with E-state index in [-0.39, 0.29) is 0 Å². The Hall–Kier alpha value is -2.70. The van der Waals surface area contributed by atoms with Gasteiger partial charge in [-0.25, -0.2) is 0 Å². The molecule has 0 aliphatic heterocycles. The van der Waals surface area contributed by atoms with Gasteiger partial charge in [0.25, 0.3) is 0 Å². The van der Waals surface area contributed by atoms with Crippen LogP contribution in [-0.4, -0.2) is 0 Å². The quantitative estimate of drug-likeness (QED) is 0.641. The van der Waals surface area contributed by atoms with Crippen LogP contribution in [0.4, 0.5) is 0 Å². The minimum atomic E-state index is 0.547. The van der Waals surface area contributed by atoms with Crippen molar-refractivity contribution in [2.75, 3.05) is 0 Å². The highest BCUT2D eigenvalue weighted by Gasteiger charge is 2.06. The molecule has 0 saturated heterocycles. The Balaban J connectivity index is 1.73. The van der Waals surface area contributed by atoms with Gasteiger partial charge in [0, 0.05) is 4.90 Å². The van der Waals surface area contributed by atoms with Crippen LogP contribution in [0.5, 0.6) is 5.75 Å². The second kappa shape index (κ2) is 7.53. The van der Waals surface area contributed by atoms with Gasteiger partial charge < -0.3 is 4.74 Å². The van der Waals surface area contributed by atoms with Gasteiger partial charge in [-0.2, -0.15) is 5.26 Å². The van der Waals surface area contributed by atoms with Gasteiger partial charge in [-0.3, -0.25) is 0 Å². The number of nitrogens with zero attached hydrogens (tertiary/aromatic N) is 1. The molecule has 3 rings (SSSR count). The summed E-state index contributed by atoms with van der Waals surface area (Å²) in [7, 11) is 0. The van der Waals surface area contributed by atoms with Crippen LogP contribution < -0.4 is 4.74 Å². The molecule has 112 valence electrons. The van der Waals surface area contributed by atoms with Crippen LogP contribution in [-0.2, 0) is 6.61 Å². The maximum atomic E-state index is 8.86. The lowest BCUT2D eigenvalue weighted by molar-refractivity contribution is 0.299. The molecule has 0 aromatic heterocycles. The summed E-state index contributed by atoms with van der Waals surface area (Å²) in [5.74, 6) is 0.866. The standard InChI is InChI=1S/C20H15NOS/c21-14-16-10-12-18(13-11-16)23-20-9-5-4-8-19(20)22-15-17-6-2-1-3-7-17/h1-13H,15H2. The molecular formula is C20H15NOS. The Morgan fingerprint density at radius 3 is 2.26 bits per heavy atom. The molecule has 0 aliphatic carbocycles. The van der Waals surface area contributed by atoms with Crippen LogP contribution in [0.1, 0.15) is 11.1 Å². The minimum absolute atomic E-state index is 0.547. The van der Waals surface area contributed by atoms with Crippen molar-refractivity contribution in [2.45, 2.75) is 16.4 Å². The molecule has 0 N–H and O–H groups in total. The van der Waals surface area contributed by atoms with Gasteiger partial charge in [0.1, 0.15) is 12.4 Å². The molecule has 0 fully saturated rings. The summed E-state index contributed by atoms with van der Waals surface area (Å²) in [6.45, 7) is 0.547. The molecule has 3 aromatic carbocycles. The van der Waals surface area contributed by atoms with Crippen molar-refractivity contribution in [3.8, 4) is 11.8 Å². The normalized spacial score (nSPS) is 10.0. The van der Waals surface area contributed by atoms with E-state index in [0.717, 1.165) is 21.1 Å². The molecule has 0 bridgehead atoms. The molecule has 0 saturated carbocycles. The average molecular weight is 317 g/mol. The molecule has 3 aromatic rings. The summed E-state index contributed by atoms with van der Waals surface area (Å²) in [4.78, 5) is 2.15. The maximum absolute atomic E-state index is 8.86. The molecule has 0 unspecified atom stereocenters. The topological polar surface area (TPSA) is 33.0 Å². The Bertz CT molecular complexity index is 807. The number of benzene rings is 3. The van der Waals surface area contributed by atoms with Crippen molar-refractivity contribution in [3.63, 3.8) is 0 Å². The largest absolute Gasteiger partial charge is 0.488 e. The lowest BCUT2D eigenvalue weighted by Crippen LogP contribution is -1.96. The summed E-state index contributed by atoms with van der Waals surface area (Å²) in [6.07, 6.45) is 0. The zero-order chi connectivity index (χ0) is 15.9. The number of nitriles is 1. The molecule has 0 atom stereocenters. The van der Waals surface area contributed by atoms with E-state index in [1.54, 1.807) is 11.8 Å². The SMILES string of the molecule is N#Cc1ccc(Sc2ccccc2OCc2ccccc2)cc1. The van der Waals surface area contributed by atoms with E-state index in [1.165, 1.54) is 0 Å². The van der Waals surface area contributed by atoms with Crippen LogP contribution >= 0.6 is 11.8 Å². The van der Waals surface area contributed by atoms with Crippen molar-refractivity contribution in [1.82, 2.24) is 0 Å². The van der Waals surface area contributed by atoms with E-state index in [2.05, 4.69) is 18.2 Å². The number of hydrogen-bond donors (Lipinski definition) is 0. The van der Waals surface area contributed by atoms with Crippen molar-refractivity contribution in [1.29, 1.82) is 5.26 Å². The second-order valence-corrected chi connectivity index (χ2v) is 6.07. The highest BCUT2D eigenvalue weighted by Crippen LogP contribution is 2.35. The third kappa shape index (κ3) is 4.15. The van der Waals surface area contributed by atoms with Crippen LogP contribution in [0.2, 0.25) is 0 Å². The highest BCUT2D eigenvalue weighted by molar-refractivity contribution is 7.99. The van der Waals surface area contributed by atoms with Crippen LogP contribution in [0.25, 0.3) is 0 Å². The zero-order valence-electron chi connectivity index (χ0n) is 12.5. The maximum Gasteiger partial charge on any atom is 0.133 e. The first kappa shape index (κ1) is 15.2. The summed E-state index contributed by atoms with van der Waals surface area (Å²) in [5.41, 5.74) is 1.81. The van der Waals surface area contributed by atoms with Crippen LogP contribution in [0.15, 0.2) is 88.7 Å². The Morgan fingerprint density at radius 2 is 1.52 bits per heavy atom. The van der Waals surface area contributed by atoms with Gasteiger partial charge in [-0.15, -0.1) is 0 Å². The first-order valence-electron chi connectivity index (χ1n) is 7.29. The fourth-order valence-corrected chi connectivity index (χ4v) is 3.01. The third-order valence-corrected chi connectivity index (χ3v) is 4.36. The lowest BCUT2D eigenvalue weighted by atomic mass is 10.2. The zero-order valence-corrected chi connectivity index (χ0v) is 13.3. The average Bonchev–Trinajstić information content (AvgIpc) is 2.62. The number of rotatable bonds is 5. The molecule has 0 amide bonds. The molecule has 0 radical (unpaired) electrons. The van der Waals surface area contributed by atoms with E-state index < -0.39 is 0 Å². The molecular weight excluding hydrogens is 302 g/mol. The third-order valence-electron chi connectivity index (χ3n) is 3.30. The second-order valence-electron chi connectivity index (χ2n) is 4.96. The lowest BCUT2D eigenvalue weighted by Gasteiger charge is -2.11. The Kier molecular flexibility index (Phi) is 4.98. The van der Waals surface area contributed by atoms with E-state index in [0.29, 0.717) is 12.2 Å². The van der Waals surface area contributed by atoms with Gasteiger partial charge in [-0.1, -0.05) is 54.2 Å². The smallest absolute Gasteiger partial charge is 0.133 e. The predicted octanol–water partition coefficient (Wildman–Crippen LogP) is 5.29. The first-order valence-corrected chi connectivity index (χ1v) is 8.10. The first-order chi connectivity index (χ1) is 11.3. The molecule has 2 nitrogen and oxygen atoms in total. The summed E-state index contributed by atoms with van der Waals surface area (Å²) < 4.78 is 5.97. The summed E-state index contributed by atoms with van der Waals surface area (Å²) in [5, 5.41) is 8.86. The fourth-order valence-electron chi connectivity index (χ4n) is 2.11. The number of hydrogen-bond acceptors (Lipinski definition) is 3. The molecule has 0 heterocycles. The van der Waals surface area contributed by atoms with E-state index in [1.807, 2.05) is 66.7 Å². The molecule has 23 heavy (non-hydrogen) atoms. The monoisotopic (exact) mass is 317 g/mol. The summed E-state index contributed by atoms with van der Waals surface area (Å²) in [6, 6.07) is 27.8. The molecule has 0 spiro atoms. The highest BCUT2D eigenvalue weighted by atomic mass is 32.2. The molecule has 0 aliphatic rings. The number of para-hydroxylation sites is 1.